The Morgan fingerprint density at radius 1 is 1.03 bits per heavy atom. The van der Waals surface area contributed by atoms with E-state index in [1.807, 2.05) is 13.8 Å². The highest BCUT2D eigenvalue weighted by molar-refractivity contribution is 6.02. The van der Waals surface area contributed by atoms with Gasteiger partial charge < -0.3 is 19.7 Å². The molecule has 0 saturated carbocycles. The molecule has 0 radical (unpaired) electrons. The number of ether oxygens (including phenoxy) is 2. The molecule has 2 aromatic carbocycles. The van der Waals surface area contributed by atoms with Gasteiger partial charge >= 0.3 is 6.09 Å². The van der Waals surface area contributed by atoms with E-state index in [4.69, 9.17) is 14.6 Å². The van der Waals surface area contributed by atoms with Gasteiger partial charge in [0.15, 0.2) is 0 Å². The van der Waals surface area contributed by atoms with Gasteiger partial charge in [-0.15, -0.1) is 0 Å². The topological polar surface area (TPSA) is 105 Å². The van der Waals surface area contributed by atoms with Crippen molar-refractivity contribution in [2.45, 2.75) is 26.4 Å². The molecular formula is C22H27NO6. The maximum absolute atomic E-state index is 12.4. The summed E-state index contributed by atoms with van der Waals surface area (Å²) < 4.78 is 11.1. The molecule has 0 aliphatic rings. The maximum atomic E-state index is 12.4. The second-order valence-electron chi connectivity index (χ2n) is 7.21. The van der Waals surface area contributed by atoms with Crippen molar-refractivity contribution < 1.29 is 29.3 Å². The quantitative estimate of drug-likeness (QED) is 0.596. The first kappa shape index (κ1) is 22.4. The number of carbonyl (C=O) groups excluding carboxylic acids is 2. The zero-order valence-corrected chi connectivity index (χ0v) is 16.6. The molecule has 0 unspecified atom stereocenters. The number of hydrogen-bond donors (Lipinski definition) is 3. The number of aliphatic hydroxyl groups is 2. The second kappa shape index (κ2) is 10.6. The molecule has 0 aliphatic carbocycles. The Morgan fingerprint density at radius 3 is 2.41 bits per heavy atom. The van der Waals surface area contributed by atoms with Crippen LogP contribution in [0.1, 0.15) is 42.3 Å². The standard InChI is InChI=1S/C22H27NO6/c1-22(2,11-12-24)19(17-9-6-10-18(15-17)28-14-13-25)29-21(27)23-20(26)16-7-4-3-5-8-16/h3-10,15,19,24-25H,11-14H2,1-2H3,(H,23,26,27)/t19-/m1/s1. The monoisotopic (exact) mass is 401 g/mol. The number of aliphatic hydroxyl groups excluding tert-OH is 2. The zero-order valence-electron chi connectivity index (χ0n) is 16.6. The molecule has 0 heterocycles. The summed E-state index contributed by atoms with van der Waals surface area (Å²) in [6, 6.07) is 15.3. The van der Waals surface area contributed by atoms with Gasteiger partial charge in [-0.3, -0.25) is 10.1 Å². The van der Waals surface area contributed by atoms with Crippen molar-refractivity contribution in [1.82, 2.24) is 5.32 Å². The fraction of sp³-hybridized carbons (Fsp3) is 0.364. The first-order valence-corrected chi connectivity index (χ1v) is 9.39. The molecule has 2 rings (SSSR count). The first-order chi connectivity index (χ1) is 13.9. The van der Waals surface area contributed by atoms with Crippen molar-refractivity contribution in [2.75, 3.05) is 19.8 Å². The molecule has 0 aromatic heterocycles. The second-order valence-corrected chi connectivity index (χ2v) is 7.21. The normalized spacial score (nSPS) is 12.1. The smallest absolute Gasteiger partial charge is 0.414 e. The predicted octanol–water partition coefficient (Wildman–Crippen LogP) is 3.07. The van der Waals surface area contributed by atoms with Crippen LogP contribution in [-0.2, 0) is 4.74 Å². The van der Waals surface area contributed by atoms with Gasteiger partial charge in [0, 0.05) is 17.6 Å². The summed E-state index contributed by atoms with van der Waals surface area (Å²) in [5.41, 5.74) is 0.383. The van der Waals surface area contributed by atoms with Crippen LogP contribution >= 0.6 is 0 Å². The molecule has 0 aliphatic heterocycles. The van der Waals surface area contributed by atoms with E-state index >= 15 is 0 Å². The number of alkyl carbamates (subject to hydrolysis) is 1. The van der Waals surface area contributed by atoms with Crippen LogP contribution in [0.15, 0.2) is 54.6 Å². The van der Waals surface area contributed by atoms with E-state index in [9.17, 15) is 14.7 Å². The Balaban J connectivity index is 2.20. The lowest BCUT2D eigenvalue weighted by molar-refractivity contribution is 0.00857. The molecule has 3 N–H and O–H groups in total. The van der Waals surface area contributed by atoms with Crippen molar-refractivity contribution in [3.8, 4) is 5.75 Å². The summed E-state index contributed by atoms with van der Waals surface area (Å²) in [6.45, 7) is 3.66. The highest BCUT2D eigenvalue weighted by Crippen LogP contribution is 2.40. The molecule has 0 bridgehead atoms. The zero-order chi connectivity index (χ0) is 21.3. The number of benzene rings is 2. The van der Waals surface area contributed by atoms with E-state index < -0.39 is 23.5 Å². The third kappa shape index (κ3) is 6.58. The summed E-state index contributed by atoms with van der Waals surface area (Å²) in [4.78, 5) is 24.7. The summed E-state index contributed by atoms with van der Waals surface area (Å²) >= 11 is 0. The first-order valence-electron chi connectivity index (χ1n) is 9.39. The van der Waals surface area contributed by atoms with Crippen LogP contribution in [0.4, 0.5) is 4.79 Å². The third-order valence-corrected chi connectivity index (χ3v) is 4.46. The molecule has 0 spiro atoms. The van der Waals surface area contributed by atoms with Gasteiger partial charge in [0.05, 0.1) is 6.61 Å². The lowest BCUT2D eigenvalue weighted by Crippen LogP contribution is -2.36. The minimum atomic E-state index is -0.878. The van der Waals surface area contributed by atoms with Crippen LogP contribution in [-0.4, -0.2) is 42.0 Å². The molecule has 7 nitrogen and oxygen atoms in total. The average Bonchev–Trinajstić information content (AvgIpc) is 2.71. The average molecular weight is 401 g/mol. The molecule has 0 fully saturated rings. The summed E-state index contributed by atoms with van der Waals surface area (Å²) in [5.74, 6) is -0.0416. The Kier molecular flexibility index (Phi) is 8.18. The predicted molar refractivity (Wildman–Crippen MR) is 108 cm³/mol. The molecule has 29 heavy (non-hydrogen) atoms. The Labute approximate surface area is 170 Å². The summed E-state index contributed by atoms with van der Waals surface area (Å²) in [7, 11) is 0. The Hall–Kier alpha value is -2.90. The minimum Gasteiger partial charge on any atom is -0.491 e. The largest absolute Gasteiger partial charge is 0.491 e. The van der Waals surface area contributed by atoms with E-state index in [0.717, 1.165) is 0 Å². The van der Waals surface area contributed by atoms with Gasteiger partial charge in [-0.05, 0) is 36.2 Å². The van der Waals surface area contributed by atoms with Crippen LogP contribution in [0.3, 0.4) is 0 Å². The fourth-order valence-electron chi connectivity index (χ4n) is 2.92. The lowest BCUT2D eigenvalue weighted by atomic mass is 9.80. The number of rotatable bonds is 9. The minimum absolute atomic E-state index is 0.0852. The van der Waals surface area contributed by atoms with Crippen molar-refractivity contribution in [1.29, 1.82) is 0 Å². The molecule has 2 amide bonds. The van der Waals surface area contributed by atoms with Gasteiger partial charge in [-0.2, -0.15) is 0 Å². The van der Waals surface area contributed by atoms with Crippen molar-refractivity contribution in [2.24, 2.45) is 5.41 Å². The lowest BCUT2D eigenvalue weighted by Gasteiger charge is -2.33. The van der Waals surface area contributed by atoms with Crippen LogP contribution in [0, 0.1) is 5.41 Å². The van der Waals surface area contributed by atoms with Crippen LogP contribution in [0.5, 0.6) is 5.75 Å². The van der Waals surface area contributed by atoms with Crippen molar-refractivity contribution in [3.63, 3.8) is 0 Å². The number of carbonyl (C=O) groups is 2. The fourth-order valence-corrected chi connectivity index (χ4v) is 2.92. The molecular weight excluding hydrogens is 374 g/mol. The maximum Gasteiger partial charge on any atom is 0.414 e. The molecule has 1 atom stereocenters. The van der Waals surface area contributed by atoms with Gasteiger partial charge in [-0.25, -0.2) is 4.79 Å². The van der Waals surface area contributed by atoms with Crippen molar-refractivity contribution >= 4 is 12.0 Å². The molecule has 2 aromatic rings. The molecule has 156 valence electrons. The van der Waals surface area contributed by atoms with Gasteiger partial charge in [0.25, 0.3) is 5.91 Å². The number of amides is 2. The molecule has 7 heteroatoms. The SMILES string of the molecule is CC(C)(CCO)[C@H](OC(=O)NC(=O)c1ccccc1)c1cccc(OCCO)c1. The van der Waals surface area contributed by atoms with Crippen LogP contribution < -0.4 is 10.1 Å². The number of imide groups is 1. The summed E-state index contributed by atoms with van der Waals surface area (Å²) in [5, 5.41) is 20.6. The number of nitrogens with one attached hydrogen (secondary N) is 1. The highest BCUT2D eigenvalue weighted by Gasteiger charge is 2.34. The highest BCUT2D eigenvalue weighted by atomic mass is 16.6. The van der Waals surface area contributed by atoms with Crippen molar-refractivity contribution in [3.05, 3.63) is 65.7 Å². The molecule has 0 saturated heterocycles. The Morgan fingerprint density at radius 2 is 1.76 bits per heavy atom. The van der Waals surface area contributed by atoms with E-state index in [2.05, 4.69) is 5.32 Å². The van der Waals surface area contributed by atoms with E-state index in [0.29, 0.717) is 23.3 Å². The Bertz CT molecular complexity index is 806. The van der Waals surface area contributed by atoms with E-state index in [-0.39, 0.29) is 19.8 Å². The van der Waals surface area contributed by atoms with Gasteiger partial charge in [0.2, 0.25) is 0 Å². The van der Waals surface area contributed by atoms with Crippen LogP contribution in [0.2, 0.25) is 0 Å². The van der Waals surface area contributed by atoms with E-state index in [1.54, 1.807) is 54.6 Å². The number of hydrogen-bond acceptors (Lipinski definition) is 6. The van der Waals surface area contributed by atoms with Gasteiger partial charge in [-0.1, -0.05) is 44.2 Å². The summed E-state index contributed by atoms with van der Waals surface area (Å²) in [6.07, 6.45) is -1.24. The third-order valence-electron chi connectivity index (χ3n) is 4.46. The van der Waals surface area contributed by atoms with Gasteiger partial charge in [0.1, 0.15) is 18.5 Å². The van der Waals surface area contributed by atoms with Crippen LogP contribution in [0.25, 0.3) is 0 Å². The van der Waals surface area contributed by atoms with E-state index in [1.165, 1.54) is 0 Å².